The molecule has 1 unspecified atom stereocenters. The zero-order chi connectivity index (χ0) is 17.4. The molecule has 1 aromatic rings. The number of hydrogen-bond acceptors (Lipinski definition) is 4. The summed E-state index contributed by atoms with van der Waals surface area (Å²) in [6.45, 7) is 13.5. The standard InChI is InChI=1S/C19H27NO3/c1-12(20-21)14-9-8-13(10-15(14)22-7)16-17(18(2,3)4)19(5,6)11-23-16/h8-10,12H,11H2,1-7H3. The lowest BCUT2D eigenvalue weighted by molar-refractivity contribution is 0.213. The molecule has 0 spiro atoms. The first-order chi connectivity index (χ1) is 10.6. The number of nitroso groups, excluding NO2 is 1. The largest absolute Gasteiger partial charge is 0.496 e. The van der Waals surface area contributed by atoms with Crippen LogP contribution in [0, 0.1) is 15.7 Å². The lowest BCUT2D eigenvalue weighted by Crippen LogP contribution is -2.24. The smallest absolute Gasteiger partial charge is 0.127 e. The first-order valence-electron chi connectivity index (χ1n) is 8.00. The van der Waals surface area contributed by atoms with Crippen molar-refractivity contribution >= 4 is 5.76 Å². The van der Waals surface area contributed by atoms with Crippen LogP contribution in [-0.2, 0) is 4.74 Å². The molecule has 1 atom stereocenters. The van der Waals surface area contributed by atoms with E-state index in [9.17, 15) is 4.91 Å². The van der Waals surface area contributed by atoms with Crippen molar-refractivity contribution in [3.05, 3.63) is 39.8 Å². The van der Waals surface area contributed by atoms with E-state index in [0.717, 1.165) is 16.9 Å². The van der Waals surface area contributed by atoms with Crippen LogP contribution in [0.25, 0.3) is 5.76 Å². The predicted octanol–water partition coefficient (Wildman–Crippen LogP) is 5.34. The number of benzene rings is 1. The van der Waals surface area contributed by atoms with Gasteiger partial charge in [-0.15, -0.1) is 0 Å². The average molecular weight is 317 g/mol. The fourth-order valence-electron chi connectivity index (χ4n) is 3.54. The molecule has 0 saturated heterocycles. The minimum absolute atomic E-state index is 0.00284. The first-order valence-corrected chi connectivity index (χ1v) is 8.00. The van der Waals surface area contributed by atoms with Gasteiger partial charge in [0.1, 0.15) is 17.6 Å². The molecular formula is C19H27NO3. The Hall–Kier alpha value is -1.84. The maximum absolute atomic E-state index is 10.8. The number of methoxy groups -OCH3 is 1. The second-order valence-electron chi connectivity index (χ2n) is 7.86. The van der Waals surface area contributed by atoms with Gasteiger partial charge in [0.2, 0.25) is 0 Å². The average Bonchev–Trinajstić information content (AvgIpc) is 2.81. The molecule has 2 rings (SSSR count). The number of hydrogen-bond donors (Lipinski definition) is 0. The SMILES string of the molecule is COc1cc(C2=C(C(C)(C)C)C(C)(C)CO2)ccc1C(C)N=O. The molecule has 4 nitrogen and oxygen atoms in total. The Morgan fingerprint density at radius 2 is 1.96 bits per heavy atom. The third kappa shape index (κ3) is 3.26. The van der Waals surface area contributed by atoms with Crippen LogP contribution < -0.4 is 4.74 Å². The number of nitrogens with zero attached hydrogens (tertiary/aromatic N) is 1. The molecule has 1 aliphatic rings. The molecule has 23 heavy (non-hydrogen) atoms. The molecule has 0 N–H and O–H groups in total. The number of ether oxygens (including phenoxy) is 2. The van der Waals surface area contributed by atoms with Gasteiger partial charge in [-0.3, -0.25) is 0 Å². The Labute approximate surface area is 138 Å². The van der Waals surface area contributed by atoms with Crippen LogP contribution in [0.5, 0.6) is 5.75 Å². The second-order valence-corrected chi connectivity index (χ2v) is 7.86. The topological polar surface area (TPSA) is 47.9 Å². The Bertz CT molecular complexity index is 639. The summed E-state index contributed by atoms with van der Waals surface area (Å²) in [4.78, 5) is 10.8. The van der Waals surface area contributed by atoms with E-state index in [0.29, 0.717) is 12.4 Å². The van der Waals surface area contributed by atoms with Gasteiger partial charge < -0.3 is 9.47 Å². The lowest BCUT2D eigenvalue weighted by atomic mass is 9.71. The van der Waals surface area contributed by atoms with Crippen LogP contribution >= 0.6 is 0 Å². The van der Waals surface area contributed by atoms with Gasteiger partial charge in [0.25, 0.3) is 0 Å². The van der Waals surface area contributed by atoms with Gasteiger partial charge in [-0.05, 0) is 24.0 Å². The highest BCUT2D eigenvalue weighted by molar-refractivity contribution is 5.69. The van der Waals surface area contributed by atoms with E-state index in [1.54, 1.807) is 14.0 Å². The normalized spacial score (nSPS) is 18.6. The van der Waals surface area contributed by atoms with Gasteiger partial charge in [-0.25, -0.2) is 0 Å². The molecule has 0 aliphatic carbocycles. The van der Waals surface area contributed by atoms with Crippen molar-refractivity contribution in [1.29, 1.82) is 0 Å². The summed E-state index contributed by atoms with van der Waals surface area (Å²) < 4.78 is 11.5. The van der Waals surface area contributed by atoms with Crippen LogP contribution in [0.1, 0.15) is 58.7 Å². The van der Waals surface area contributed by atoms with E-state index in [1.807, 2.05) is 18.2 Å². The fraction of sp³-hybridized carbons (Fsp3) is 0.579. The molecule has 0 amide bonds. The highest BCUT2D eigenvalue weighted by Gasteiger charge is 2.41. The van der Waals surface area contributed by atoms with Crippen LogP contribution in [0.2, 0.25) is 0 Å². The molecular weight excluding hydrogens is 290 g/mol. The van der Waals surface area contributed by atoms with E-state index >= 15 is 0 Å². The minimum atomic E-state index is -0.434. The Balaban J connectivity index is 2.59. The zero-order valence-electron chi connectivity index (χ0n) is 15.2. The summed E-state index contributed by atoms with van der Waals surface area (Å²) in [5, 5.41) is 3.10. The summed E-state index contributed by atoms with van der Waals surface area (Å²) in [6, 6.07) is 5.40. The van der Waals surface area contributed by atoms with Crippen molar-refractivity contribution < 1.29 is 9.47 Å². The third-order valence-electron chi connectivity index (χ3n) is 4.34. The molecule has 4 heteroatoms. The molecule has 126 valence electrons. The molecule has 0 radical (unpaired) electrons. The van der Waals surface area contributed by atoms with Gasteiger partial charge in [0.05, 0.1) is 13.7 Å². The molecule has 0 aromatic heterocycles. The van der Waals surface area contributed by atoms with Gasteiger partial charge in [-0.1, -0.05) is 51.9 Å². The molecule has 1 heterocycles. The molecule has 0 fully saturated rings. The Kier molecular flexibility index (Phi) is 4.56. The lowest BCUT2D eigenvalue weighted by Gasteiger charge is -2.31. The summed E-state index contributed by atoms with van der Waals surface area (Å²) in [5.41, 5.74) is 3.10. The second kappa shape index (κ2) is 5.99. The van der Waals surface area contributed by atoms with E-state index in [4.69, 9.17) is 9.47 Å². The van der Waals surface area contributed by atoms with Crippen molar-refractivity contribution in [1.82, 2.24) is 0 Å². The van der Waals surface area contributed by atoms with Gasteiger partial charge in [0.15, 0.2) is 0 Å². The zero-order valence-corrected chi connectivity index (χ0v) is 15.2. The Morgan fingerprint density at radius 3 is 2.48 bits per heavy atom. The van der Waals surface area contributed by atoms with Crippen molar-refractivity contribution in [2.45, 2.75) is 47.6 Å². The van der Waals surface area contributed by atoms with Crippen molar-refractivity contribution in [2.24, 2.45) is 16.0 Å². The highest BCUT2D eigenvalue weighted by atomic mass is 16.5. The van der Waals surface area contributed by atoms with Crippen LogP contribution in [0.3, 0.4) is 0 Å². The molecule has 1 aliphatic heterocycles. The van der Waals surface area contributed by atoms with E-state index in [1.165, 1.54) is 5.57 Å². The summed E-state index contributed by atoms with van der Waals surface area (Å²) in [7, 11) is 1.61. The summed E-state index contributed by atoms with van der Waals surface area (Å²) >= 11 is 0. The van der Waals surface area contributed by atoms with Crippen LogP contribution in [0.4, 0.5) is 0 Å². The van der Waals surface area contributed by atoms with Crippen LogP contribution in [0.15, 0.2) is 28.9 Å². The van der Waals surface area contributed by atoms with Crippen molar-refractivity contribution in [3.8, 4) is 5.75 Å². The van der Waals surface area contributed by atoms with Crippen molar-refractivity contribution in [2.75, 3.05) is 13.7 Å². The maximum Gasteiger partial charge on any atom is 0.127 e. The quantitative estimate of drug-likeness (QED) is 0.705. The number of rotatable bonds is 4. The van der Waals surface area contributed by atoms with Crippen molar-refractivity contribution in [3.63, 3.8) is 0 Å². The van der Waals surface area contributed by atoms with Gasteiger partial charge in [0, 0.05) is 16.5 Å². The van der Waals surface area contributed by atoms with E-state index in [2.05, 4.69) is 39.8 Å². The predicted molar refractivity (Wildman–Crippen MR) is 93.3 cm³/mol. The third-order valence-corrected chi connectivity index (χ3v) is 4.34. The molecule has 0 bridgehead atoms. The molecule has 0 saturated carbocycles. The van der Waals surface area contributed by atoms with Gasteiger partial charge >= 0.3 is 0 Å². The first kappa shape index (κ1) is 17.5. The Morgan fingerprint density at radius 1 is 1.30 bits per heavy atom. The minimum Gasteiger partial charge on any atom is -0.496 e. The van der Waals surface area contributed by atoms with Gasteiger partial charge in [-0.2, -0.15) is 4.91 Å². The maximum atomic E-state index is 10.8. The van der Waals surface area contributed by atoms with E-state index in [-0.39, 0.29) is 10.8 Å². The highest BCUT2D eigenvalue weighted by Crippen LogP contribution is 2.50. The monoisotopic (exact) mass is 317 g/mol. The fourth-order valence-corrected chi connectivity index (χ4v) is 3.54. The summed E-state index contributed by atoms with van der Waals surface area (Å²) in [5.74, 6) is 1.60. The summed E-state index contributed by atoms with van der Waals surface area (Å²) in [6.07, 6.45) is 0. The van der Waals surface area contributed by atoms with Crippen LogP contribution in [-0.4, -0.2) is 13.7 Å². The van der Waals surface area contributed by atoms with E-state index < -0.39 is 6.04 Å². The molecule has 1 aromatic carbocycles.